The van der Waals surface area contributed by atoms with E-state index in [1.165, 1.54) is 19.9 Å². The summed E-state index contributed by atoms with van der Waals surface area (Å²) in [6.45, 7) is 8.00. The number of alkyl halides is 6. The van der Waals surface area contributed by atoms with Crippen LogP contribution in [0.2, 0.25) is 0 Å². The van der Waals surface area contributed by atoms with E-state index >= 15 is 8.78 Å². The number of carbonyl (C=O) groups is 2. The zero-order valence-corrected chi connectivity index (χ0v) is 28.5. The number of benzene rings is 2. The summed E-state index contributed by atoms with van der Waals surface area (Å²) in [6, 6.07) is -0.0867. The second-order valence-corrected chi connectivity index (χ2v) is 13.0. The number of carboxylic acid groups (broad SMARTS) is 1. The molecular formula is C35H39F8N3O4. The molecule has 0 radical (unpaired) electrons. The van der Waals surface area contributed by atoms with Gasteiger partial charge in [-0.2, -0.15) is 26.3 Å². The Hall–Kier alpha value is -4.27. The molecule has 1 aromatic heterocycles. The van der Waals surface area contributed by atoms with Crippen LogP contribution in [0.25, 0.3) is 11.1 Å². The first-order valence-electron chi connectivity index (χ1n) is 15.6. The van der Waals surface area contributed by atoms with Crippen LogP contribution in [0.1, 0.15) is 77.7 Å². The fourth-order valence-electron chi connectivity index (χ4n) is 5.82. The molecule has 3 aromatic rings. The van der Waals surface area contributed by atoms with Gasteiger partial charge >= 0.3 is 18.3 Å². The zero-order valence-electron chi connectivity index (χ0n) is 28.5. The standard InChI is InChI=1S/C35H39F8N3O4/c1-17(2)12-26(46-16-21(10-11-45(6)7)23(14-27(46)47)34(38,39)40)33(50)44-25(15-28(48)49)30-31(36)22(13-24(32(30)37)35(41,42)43)29-19(4)9-8-18(3)20(29)5/h8-9,13-14,16-17,25-26H,10-12,15H2,1-7H3,(H,44,50)(H,48,49). The lowest BCUT2D eigenvalue weighted by Crippen LogP contribution is -2.41. The van der Waals surface area contributed by atoms with E-state index in [4.69, 9.17) is 0 Å². The van der Waals surface area contributed by atoms with Crippen molar-refractivity contribution in [2.24, 2.45) is 5.92 Å². The van der Waals surface area contributed by atoms with Gasteiger partial charge in [-0.05, 0) is 87.5 Å². The zero-order chi connectivity index (χ0) is 38.0. The van der Waals surface area contributed by atoms with Gasteiger partial charge in [0.15, 0.2) is 0 Å². The third kappa shape index (κ3) is 9.09. The fraction of sp³-hybridized carbons (Fsp3) is 0.457. The lowest BCUT2D eigenvalue weighted by atomic mass is 9.87. The Morgan fingerprint density at radius 2 is 1.50 bits per heavy atom. The van der Waals surface area contributed by atoms with Crippen molar-refractivity contribution in [3.05, 3.63) is 91.4 Å². The number of likely N-dealkylation sites (N-methyl/N-ethyl adjacent to an activating group) is 1. The van der Waals surface area contributed by atoms with Crippen molar-refractivity contribution in [3.8, 4) is 11.1 Å². The Balaban J connectivity index is 2.30. The van der Waals surface area contributed by atoms with Crippen molar-refractivity contribution < 1.29 is 49.8 Å². The second-order valence-electron chi connectivity index (χ2n) is 13.0. The first-order chi connectivity index (χ1) is 22.9. The third-order valence-corrected chi connectivity index (χ3v) is 8.43. The number of hydrogen-bond donors (Lipinski definition) is 2. The summed E-state index contributed by atoms with van der Waals surface area (Å²) in [5.74, 6) is -7.09. The predicted molar refractivity (Wildman–Crippen MR) is 171 cm³/mol. The fourth-order valence-corrected chi connectivity index (χ4v) is 5.82. The summed E-state index contributed by atoms with van der Waals surface area (Å²) in [6.07, 6.45) is -11.1. The van der Waals surface area contributed by atoms with Crippen molar-refractivity contribution in [1.29, 1.82) is 0 Å². The highest BCUT2D eigenvalue weighted by Crippen LogP contribution is 2.42. The summed E-state index contributed by atoms with van der Waals surface area (Å²) < 4.78 is 117. The van der Waals surface area contributed by atoms with Crippen LogP contribution in [0, 0.1) is 38.3 Å². The average molecular weight is 718 g/mol. The molecule has 3 rings (SSSR count). The number of nitrogens with zero attached hydrogens (tertiary/aromatic N) is 2. The molecule has 2 atom stereocenters. The van der Waals surface area contributed by atoms with Crippen LogP contribution in [-0.4, -0.2) is 47.1 Å². The smallest absolute Gasteiger partial charge is 0.419 e. The van der Waals surface area contributed by atoms with E-state index in [1.807, 2.05) is 0 Å². The monoisotopic (exact) mass is 717 g/mol. The molecule has 2 N–H and O–H groups in total. The minimum Gasteiger partial charge on any atom is -0.481 e. The largest absolute Gasteiger partial charge is 0.481 e. The predicted octanol–water partition coefficient (Wildman–Crippen LogP) is 7.78. The highest BCUT2D eigenvalue weighted by molar-refractivity contribution is 5.82. The number of halogens is 8. The summed E-state index contributed by atoms with van der Waals surface area (Å²) >= 11 is 0. The van der Waals surface area contributed by atoms with Gasteiger partial charge in [-0.25, -0.2) is 8.78 Å². The van der Waals surface area contributed by atoms with E-state index in [0.717, 1.165) is 10.8 Å². The van der Waals surface area contributed by atoms with Crippen molar-refractivity contribution >= 4 is 11.9 Å². The van der Waals surface area contributed by atoms with Crippen molar-refractivity contribution in [2.75, 3.05) is 20.6 Å². The molecule has 0 saturated heterocycles. The number of aryl methyl sites for hydroxylation is 2. The summed E-state index contributed by atoms with van der Waals surface area (Å²) in [4.78, 5) is 40.6. The topological polar surface area (TPSA) is 91.6 Å². The minimum absolute atomic E-state index is 0.00824. The molecule has 0 fully saturated rings. The molecule has 0 bridgehead atoms. The maximum Gasteiger partial charge on any atom is 0.419 e. The molecule has 15 heteroatoms. The van der Waals surface area contributed by atoms with Gasteiger partial charge in [-0.15, -0.1) is 0 Å². The third-order valence-electron chi connectivity index (χ3n) is 8.43. The second kappa shape index (κ2) is 15.3. The molecule has 0 aliphatic rings. The van der Waals surface area contributed by atoms with Crippen LogP contribution in [0.4, 0.5) is 35.1 Å². The van der Waals surface area contributed by atoms with Gasteiger partial charge in [-0.3, -0.25) is 14.4 Å². The average Bonchev–Trinajstić information content (AvgIpc) is 2.96. The molecule has 2 unspecified atom stereocenters. The summed E-state index contributed by atoms with van der Waals surface area (Å²) in [5.41, 5.74) is -5.48. The van der Waals surface area contributed by atoms with Gasteiger partial charge in [0.05, 0.1) is 23.6 Å². The lowest BCUT2D eigenvalue weighted by molar-refractivity contribution is -0.140. The van der Waals surface area contributed by atoms with Gasteiger partial charge in [0.2, 0.25) is 5.91 Å². The van der Waals surface area contributed by atoms with Crippen LogP contribution in [-0.2, 0) is 28.4 Å². The Morgan fingerprint density at radius 3 is 2.02 bits per heavy atom. The number of carboxylic acids is 1. The molecule has 0 spiro atoms. The molecular weight excluding hydrogens is 678 g/mol. The molecule has 2 aromatic carbocycles. The molecule has 0 aliphatic heterocycles. The van der Waals surface area contributed by atoms with E-state index in [0.29, 0.717) is 28.8 Å². The van der Waals surface area contributed by atoms with Gasteiger partial charge in [0, 0.05) is 29.9 Å². The molecule has 50 heavy (non-hydrogen) atoms. The quantitative estimate of drug-likeness (QED) is 0.187. The van der Waals surface area contributed by atoms with Gasteiger partial charge in [0.1, 0.15) is 17.7 Å². The minimum atomic E-state index is -5.37. The maximum absolute atomic E-state index is 16.5. The van der Waals surface area contributed by atoms with E-state index in [1.54, 1.807) is 45.8 Å². The SMILES string of the molecule is Cc1ccc(C)c(-c2cc(C(F)(F)F)c(F)c(C(CC(=O)O)NC(=O)C(CC(C)C)n3cc(CCN(C)C)c(C(F)(F)F)cc3=O)c2F)c1C. The van der Waals surface area contributed by atoms with E-state index in [-0.39, 0.29) is 30.5 Å². The number of aromatic nitrogens is 1. The number of nitrogens with one attached hydrogen (secondary N) is 1. The molecule has 7 nitrogen and oxygen atoms in total. The lowest BCUT2D eigenvalue weighted by Gasteiger charge is -2.27. The first-order valence-corrected chi connectivity index (χ1v) is 15.6. The number of rotatable bonds is 12. The van der Waals surface area contributed by atoms with Crippen LogP contribution in [0.5, 0.6) is 0 Å². The summed E-state index contributed by atoms with van der Waals surface area (Å²) in [5, 5.41) is 11.8. The highest BCUT2D eigenvalue weighted by Gasteiger charge is 2.41. The van der Waals surface area contributed by atoms with Crippen LogP contribution >= 0.6 is 0 Å². The van der Waals surface area contributed by atoms with Crippen LogP contribution in [0.15, 0.2) is 35.3 Å². The van der Waals surface area contributed by atoms with Crippen molar-refractivity contribution in [3.63, 3.8) is 0 Å². The molecule has 0 aliphatic carbocycles. The van der Waals surface area contributed by atoms with Crippen molar-refractivity contribution in [1.82, 2.24) is 14.8 Å². The molecule has 274 valence electrons. The number of aliphatic carboxylic acids is 1. The van der Waals surface area contributed by atoms with Crippen LogP contribution < -0.4 is 10.9 Å². The Labute approximate surface area is 283 Å². The van der Waals surface area contributed by atoms with E-state index in [2.05, 4.69) is 5.32 Å². The maximum atomic E-state index is 16.5. The highest BCUT2D eigenvalue weighted by atomic mass is 19.4. The van der Waals surface area contributed by atoms with Gasteiger partial charge in [-0.1, -0.05) is 26.0 Å². The van der Waals surface area contributed by atoms with E-state index < -0.39 is 88.1 Å². The Bertz CT molecular complexity index is 1810. The first kappa shape index (κ1) is 40.2. The number of hydrogen-bond acceptors (Lipinski definition) is 4. The van der Waals surface area contributed by atoms with E-state index in [9.17, 15) is 45.8 Å². The number of amides is 1. The Kier molecular flexibility index (Phi) is 12.3. The van der Waals surface area contributed by atoms with Gasteiger partial charge in [0.25, 0.3) is 5.56 Å². The molecule has 1 heterocycles. The van der Waals surface area contributed by atoms with Crippen molar-refractivity contribution in [2.45, 2.75) is 78.3 Å². The number of carbonyl (C=O) groups excluding carboxylic acids is 1. The summed E-state index contributed by atoms with van der Waals surface area (Å²) in [7, 11) is 3.22. The van der Waals surface area contributed by atoms with Crippen LogP contribution in [0.3, 0.4) is 0 Å². The normalized spacial score (nSPS) is 13.5. The van der Waals surface area contributed by atoms with Gasteiger partial charge < -0.3 is 19.9 Å². The molecule has 1 amide bonds. The Morgan fingerprint density at radius 1 is 0.920 bits per heavy atom. The number of pyridine rings is 1. The molecule has 0 saturated carbocycles.